The molecule has 0 aliphatic heterocycles. The largest absolute Gasteiger partial charge is 0.475 e. The Hall–Kier alpha value is -1.30. The molecule has 4 nitrogen and oxygen atoms in total. The number of furan rings is 1. The van der Waals surface area contributed by atoms with E-state index >= 15 is 0 Å². The molecule has 2 N–H and O–H groups in total. The summed E-state index contributed by atoms with van der Waals surface area (Å²) < 4.78 is 4.98. The molecule has 2 heterocycles. The van der Waals surface area contributed by atoms with Crippen LogP contribution in [0.2, 0.25) is 5.02 Å². The molecule has 6 heteroatoms. The molecule has 84 valence electrons. The standard InChI is InChI=1S/C10H7ClO4S/c11-5-3-8(16-4-5)9(12)6-1-2-7(15-6)10(13)14/h1-4,9,12H,(H,13,14). The van der Waals surface area contributed by atoms with E-state index in [0.29, 0.717) is 9.90 Å². The molecular weight excluding hydrogens is 252 g/mol. The summed E-state index contributed by atoms with van der Waals surface area (Å²) in [5.41, 5.74) is 0. The van der Waals surface area contributed by atoms with E-state index in [1.165, 1.54) is 23.5 Å². The van der Waals surface area contributed by atoms with Gasteiger partial charge in [0.2, 0.25) is 5.76 Å². The molecule has 1 atom stereocenters. The van der Waals surface area contributed by atoms with Crippen LogP contribution in [0.15, 0.2) is 28.0 Å². The normalized spacial score (nSPS) is 12.6. The van der Waals surface area contributed by atoms with Crippen LogP contribution in [0.5, 0.6) is 0 Å². The molecule has 0 bridgehead atoms. The minimum absolute atomic E-state index is 0.191. The molecule has 0 aromatic carbocycles. The first kappa shape index (κ1) is 11.2. The van der Waals surface area contributed by atoms with Gasteiger partial charge in [-0.2, -0.15) is 0 Å². The highest BCUT2D eigenvalue weighted by Gasteiger charge is 2.18. The summed E-state index contributed by atoms with van der Waals surface area (Å²) in [5.74, 6) is -1.17. The molecule has 0 saturated carbocycles. The Kier molecular flexibility index (Phi) is 3.00. The van der Waals surface area contributed by atoms with E-state index in [0.717, 1.165) is 0 Å². The molecule has 1 unspecified atom stereocenters. The van der Waals surface area contributed by atoms with Gasteiger partial charge in [0, 0.05) is 10.3 Å². The SMILES string of the molecule is O=C(O)c1ccc(C(O)c2cc(Cl)cs2)o1. The lowest BCUT2D eigenvalue weighted by Gasteiger charge is -2.03. The van der Waals surface area contributed by atoms with E-state index in [1.807, 2.05) is 0 Å². The van der Waals surface area contributed by atoms with E-state index in [1.54, 1.807) is 11.4 Å². The first-order valence-electron chi connectivity index (χ1n) is 4.33. The predicted molar refractivity (Wildman–Crippen MR) is 59.1 cm³/mol. The van der Waals surface area contributed by atoms with Crippen molar-refractivity contribution in [1.29, 1.82) is 0 Å². The topological polar surface area (TPSA) is 70.7 Å². The second-order valence-electron chi connectivity index (χ2n) is 3.08. The summed E-state index contributed by atoms with van der Waals surface area (Å²) in [6, 6.07) is 4.34. The van der Waals surface area contributed by atoms with Crippen molar-refractivity contribution in [1.82, 2.24) is 0 Å². The second-order valence-corrected chi connectivity index (χ2v) is 4.46. The lowest BCUT2D eigenvalue weighted by atomic mass is 10.2. The minimum atomic E-state index is -1.16. The van der Waals surface area contributed by atoms with E-state index in [-0.39, 0.29) is 11.5 Å². The fourth-order valence-corrected chi connectivity index (χ4v) is 2.30. The van der Waals surface area contributed by atoms with Crippen molar-refractivity contribution < 1.29 is 19.4 Å². The Bertz CT molecular complexity index is 516. The molecule has 0 aliphatic rings. The Morgan fingerprint density at radius 3 is 2.75 bits per heavy atom. The number of aliphatic hydroxyl groups excluding tert-OH is 1. The van der Waals surface area contributed by atoms with E-state index in [2.05, 4.69) is 0 Å². The van der Waals surface area contributed by atoms with Crippen LogP contribution >= 0.6 is 22.9 Å². The molecule has 0 saturated heterocycles. The van der Waals surface area contributed by atoms with E-state index in [9.17, 15) is 9.90 Å². The van der Waals surface area contributed by atoms with Gasteiger partial charge in [0.05, 0.1) is 5.02 Å². The smallest absolute Gasteiger partial charge is 0.371 e. The lowest BCUT2D eigenvalue weighted by molar-refractivity contribution is 0.0655. The van der Waals surface area contributed by atoms with Crippen LogP contribution in [-0.4, -0.2) is 16.2 Å². The number of carboxylic acids is 1. The third-order valence-electron chi connectivity index (χ3n) is 1.96. The highest BCUT2D eigenvalue weighted by Crippen LogP contribution is 2.30. The maximum Gasteiger partial charge on any atom is 0.371 e. The van der Waals surface area contributed by atoms with Gasteiger partial charge in [-0.15, -0.1) is 11.3 Å². The molecule has 0 radical (unpaired) electrons. The van der Waals surface area contributed by atoms with Crippen molar-refractivity contribution >= 4 is 28.9 Å². The number of hydrogen-bond acceptors (Lipinski definition) is 4. The van der Waals surface area contributed by atoms with Gasteiger partial charge in [0.25, 0.3) is 0 Å². The number of aromatic carboxylic acids is 1. The number of carbonyl (C=O) groups is 1. The van der Waals surface area contributed by atoms with Crippen LogP contribution in [0.3, 0.4) is 0 Å². The highest BCUT2D eigenvalue weighted by molar-refractivity contribution is 7.10. The predicted octanol–water partition coefficient (Wildman–Crippen LogP) is 2.77. The van der Waals surface area contributed by atoms with E-state index in [4.69, 9.17) is 21.1 Å². The van der Waals surface area contributed by atoms with Gasteiger partial charge in [-0.3, -0.25) is 0 Å². The van der Waals surface area contributed by atoms with Gasteiger partial charge in [0.1, 0.15) is 11.9 Å². The number of aliphatic hydroxyl groups is 1. The quantitative estimate of drug-likeness (QED) is 0.888. The fourth-order valence-electron chi connectivity index (χ4n) is 1.23. The van der Waals surface area contributed by atoms with Gasteiger partial charge in [-0.25, -0.2) is 4.79 Å². The van der Waals surface area contributed by atoms with Crippen LogP contribution in [0.1, 0.15) is 27.3 Å². The molecule has 0 fully saturated rings. The zero-order valence-electron chi connectivity index (χ0n) is 7.88. The number of halogens is 1. The minimum Gasteiger partial charge on any atom is -0.475 e. The van der Waals surface area contributed by atoms with E-state index < -0.39 is 12.1 Å². The monoisotopic (exact) mass is 258 g/mol. The Labute approximate surface area is 99.7 Å². The third-order valence-corrected chi connectivity index (χ3v) is 3.30. The van der Waals surface area contributed by atoms with Crippen LogP contribution in [0.4, 0.5) is 0 Å². The van der Waals surface area contributed by atoms with Gasteiger partial charge in [-0.1, -0.05) is 11.6 Å². The molecule has 2 aromatic heterocycles. The summed E-state index contributed by atoms with van der Waals surface area (Å²) >= 11 is 7.00. The third kappa shape index (κ3) is 2.11. The summed E-state index contributed by atoms with van der Waals surface area (Å²) in [4.78, 5) is 11.2. The summed E-state index contributed by atoms with van der Waals surface area (Å²) in [5, 5.41) is 20.7. The van der Waals surface area contributed by atoms with Crippen LogP contribution < -0.4 is 0 Å². The molecule has 2 rings (SSSR count). The second kappa shape index (κ2) is 4.29. The Balaban J connectivity index is 2.26. The van der Waals surface area contributed by atoms with Crippen LogP contribution in [-0.2, 0) is 0 Å². The number of thiophene rings is 1. The van der Waals surface area contributed by atoms with Gasteiger partial charge >= 0.3 is 5.97 Å². The summed E-state index contributed by atoms with van der Waals surface area (Å²) in [6.45, 7) is 0. The summed E-state index contributed by atoms with van der Waals surface area (Å²) in [7, 11) is 0. The molecule has 0 spiro atoms. The Morgan fingerprint density at radius 1 is 1.50 bits per heavy atom. The number of hydrogen-bond donors (Lipinski definition) is 2. The van der Waals surface area contributed by atoms with Crippen molar-refractivity contribution in [2.45, 2.75) is 6.10 Å². The number of carboxylic acid groups (broad SMARTS) is 1. The van der Waals surface area contributed by atoms with Crippen molar-refractivity contribution in [3.63, 3.8) is 0 Å². The van der Waals surface area contributed by atoms with Crippen molar-refractivity contribution in [2.75, 3.05) is 0 Å². The van der Waals surface area contributed by atoms with Crippen molar-refractivity contribution in [3.05, 3.63) is 45.0 Å². The van der Waals surface area contributed by atoms with Crippen LogP contribution in [0.25, 0.3) is 0 Å². The Morgan fingerprint density at radius 2 is 2.25 bits per heavy atom. The maximum absolute atomic E-state index is 10.6. The molecular formula is C10H7ClO4S. The van der Waals surface area contributed by atoms with Crippen molar-refractivity contribution in [3.8, 4) is 0 Å². The molecule has 0 aliphatic carbocycles. The van der Waals surface area contributed by atoms with Gasteiger partial charge in [-0.05, 0) is 18.2 Å². The zero-order valence-corrected chi connectivity index (χ0v) is 9.46. The van der Waals surface area contributed by atoms with Crippen LogP contribution in [0, 0.1) is 0 Å². The lowest BCUT2D eigenvalue weighted by Crippen LogP contribution is -1.96. The molecule has 2 aromatic rings. The average Bonchev–Trinajstić information content (AvgIpc) is 2.84. The van der Waals surface area contributed by atoms with Gasteiger partial charge < -0.3 is 14.6 Å². The number of rotatable bonds is 3. The first-order valence-corrected chi connectivity index (χ1v) is 5.58. The van der Waals surface area contributed by atoms with Gasteiger partial charge in [0.15, 0.2) is 0 Å². The maximum atomic E-state index is 10.6. The average molecular weight is 259 g/mol. The van der Waals surface area contributed by atoms with Crippen molar-refractivity contribution in [2.24, 2.45) is 0 Å². The summed E-state index contributed by atoms with van der Waals surface area (Å²) in [6.07, 6.45) is -0.981. The zero-order chi connectivity index (χ0) is 11.7. The highest BCUT2D eigenvalue weighted by atomic mass is 35.5. The first-order chi connectivity index (χ1) is 7.58. The fraction of sp³-hybridized carbons (Fsp3) is 0.100. The molecule has 16 heavy (non-hydrogen) atoms. The molecule has 0 amide bonds.